The van der Waals surface area contributed by atoms with E-state index in [9.17, 15) is 14.7 Å². The monoisotopic (exact) mass is 504 g/mol. The molecule has 2 saturated carbocycles. The molecular formula is C28H32N4O5. The smallest absolute Gasteiger partial charge is 0.414 e. The number of benzene rings is 1. The maximum Gasteiger partial charge on any atom is 0.414 e. The molecule has 1 aliphatic heterocycles. The Kier molecular flexibility index (Phi) is 5.81. The second kappa shape index (κ2) is 9.04. The number of aryl methyl sites for hydroxylation is 1. The molecule has 3 aliphatic rings. The zero-order valence-corrected chi connectivity index (χ0v) is 21.2. The zero-order chi connectivity index (χ0) is 25.7. The summed E-state index contributed by atoms with van der Waals surface area (Å²) in [5.41, 5.74) is 3.10. The third-order valence-electron chi connectivity index (χ3n) is 8.24. The summed E-state index contributed by atoms with van der Waals surface area (Å²) in [7, 11) is 1.41. The number of pyridine rings is 1. The van der Waals surface area contributed by atoms with E-state index in [4.69, 9.17) is 14.5 Å². The lowest BCUT2D eigenvalue weighted by Gasteiger charge is -2.34. The Morgan fingerprint density at radius 2 is 1.97 bits per heavy atom. The Labute approximate surface area is 215 Å². The fourth-order valence-corrected chi connectivity index (χ4v) is 6.18. The van der Waals surface area contributed by atoms with Crippen LogP contribution in [-0.4, -0.2) is 44.9 Å². The van der Waals surface area contributed by atoms with Gasteiger partial charge in [0.15, 0.2) is 11.4 Å². The molecule has 9 heteroatoms. The van der Waals surface area contributed by atoms with E-state index in [0.29, 0.717) is 18.7 Å². The van der Waals surface area contributed by atoms with E-state index in [1.807, 2.05) is 37.3 Å². The first-order valence-corrected chi connectivity index (χ1v) is 13.2. The van der Waals surface area contributed by atoms with Gasteiger partial charge in [0.05, 0.1) is 29.7 Å². The van der Waals surface area contributed by atoms with Crippen molar-refractivity contribution in [2.75, 3.05) is 12.0 Å². The van der Waals surface area contributed by atoms with Crippen molar-refractivity contribution in [3.8, 4) is 5.88 Å². The van der Waals surface area contributed by atoms with E-state index in [1.54, 1.807) is 11.1 Å². The van der Waals surface area contributed by atoms with Crippen LogP contribution in [0.2, 0.25) is 0 Å². The third kappa shape index (κ3) is 4.01. The molecule has 37 heavy (non-hydrogen) atoms. The summed E-state index contributed by atoms with van der Waals surface area (Å²) in [6, 6.07) is 9.66. The first-order valence-electron chi connectivity index (χ1n) is 13.2. The van der Waals surface area contributed by atoms with Gasteiger partial charge >= 0.3 is 12.1 Å². The van der Waals surface area contributed by atoms with Gasteiger partial charge in [0, 0.05) is 29.9 Å². The molecule has 3 atom stereocenters. The van der Waals surface area contributed by atoms with Gasteiger partial charge in [-0.2, -0.15) is 0 Å². The van der Waals surface area contributed by atoms with E-state index in [2.05, 4.69) is 9.55 Å². The number of amides is 1. The Morgan fingerprint density at radius 3 is 2.68 bits per heavy atom. The Balaban J connectivity index is 1.51. The quantitative estimate of drug-likeness (QED) is 0.507. The molecule has 0 radical (unpaired) electrons. The van der Waals surface area contributed by atoms with Crippen LogP contribution in [0.15, 0.2) is 36.5 Å². The minimum atomic E-state index is -0.735. The highest BCUT2D eigenvalue weighted by molar-refractivity contribution is 5.95. The van der Waals surface area contributed by atoms with Crippen LogP contribution in [0.25, 0.3) is 11.0 Å². The topological polar surface area (TPSA) is 107 Å². The average molecular weight is 505 g/mol. The molecule has 2 aliphatic carbocycles. The maximum absolute atomic E-state index is 12.7. The normalized spacial score (nSPS) is 24.4. The molecule has 9 nitrogen and oxygen atoms in total. The number of aliphatic carboxylic acids is 1. The number of carbonyl (C=O) groups is 2. The van der Waals surface area contributed by atoms with Crippen LogP contribution in [-0.2, 0) is 21.6 Å². The van der Waals surface area contributed by atoms with Crippen molar-refractivity contribution in [3.63, 3.8) is 0 Å². The zero-order valence-electron chi connectivity index (χ0n) is 21.2. The second-order valence-corrected chi connectivity index (χ2v) is 10.6. The summed E-state index contributed by atoms with van der Waals surface area (Å²) in [5.74, 6) is 0.282. The van der Waals surface area contributed by atoms with Gasteiger partial charge in [-0.15, -0.1) is 0 Å². The lowest BCUT2D eigenvalue weighted by atomic mass is 9.85. The van der Waals surface area contributed by atoms with Gasteiger partial charge in [0.25, 0.3) is 0 Å². The molecule has 1 amide bonds. The van der Waals surface area contributed by atoms with Gasteiger partial charge < -0.3 is 19.1 Å². The molecule has 1 unspecified atom stereocenters. The SMILES string of the molecule is COC(=O)N1c2ccc3c(nc(C4(Oc5ccccn5)CC4)n3[C@@H]3CCC[C@@H](C(=O)O)C3)c2CCC1C. The maximum atomic E-state index is 12.7. The summed E-state index contributed by atoms with van der Waals surface area (Å²) in [6.07, 6.45) is 7.59. The molecule has 6 rings (SSSR count). The van der Waals surface area contributed by atoms with Gasteiger partial charge in [0.2, 0.25) is 5.88 Å². The number of aromatic nitrogens is 3. The molecule has 0 bridgehead atoms. The number of methoxy groups -OCH3 is 1. The highest BCUT2D eigenvalue weighted by Gasteiger charge is 2.53. The Hall–Kier alpha value is -3.62. The van der Waals surface area contributed by atoms with E-state index >= 15 is 0 Å². The predicted molar refractivity (Wildman–Crippen MR) is 137 cm³/mol. The standard InChI is InChI=1S/C28H32N4O5/c1-17-9-10-20-21(31(17)27(35)36-2)11-12-22-24(20)30-26(28(13-14-28)37-23-8-3-4-15-29-23)32(22)19-7-5-6-18(16-19)25(33)34/h3-4,8,11-12,15,17-19H,5-7,9-10,13-14,16H2,1-2H3,(H,33,34)/t17?,18-,19-/m1/s1. The fraction of sp³-hybridized carbons (Fsp3) is 0.500. The number of carboxylic acid groups (broad SMARTS) is 1. The van der Waals surface area contributed by atoms with Crippen LogP contribution in [0.5, 0.6) is 5.88 Å². The van der Waals surface area contributed by atoms with Gasteiger partial charge in [-0.1, -0.05) is 12.5 Å². The molecule has 0 spiro atoms. The summed E-state index contributed by atoms with van der Waals surface area (Å²) < 4.78 is 13.8. The van der Waals surface area contributed by atoms with E-state index in [1.165, 1.54) is 7.11 Å². The molecule has 1 N–H and O–H groups in total. The minimum absolute atomic E-state index is 0.0110. The van der Waals surface area contributed by atoms with E-state index < -0.39 is 11.6 Å². The molecular weight excluding hydrogens is 472 g/mol. The van der Waals surface area contributed by atoms with Gasteiger partial charge in [0.1, 0.15) is 0 Å². The molecule has 2 fully saturated rings. The number of ether oxygens (including phenoxy) is 2. The van der Waals surface area contributed by atoms with Crippen molar-refractivity contribution in [2.24, 2.45) is 5.92 Å². The Bertz CT molecular complexity index is 1350. The van der Waals surface area contributed by atoms with E-state index in [-0.39, 0.29) is 24.1 Å². The van der Waals surface area contributed by atoms with Crippen LogP contribution in [0.4, 0.5) is 10.5 Å². The van der Waals surface area contributed by atoms with Crippen LogP contribution in [0.3, 0.4) is 0 Å². The summed E-state index contributed by atoms with van der Waals surface area (Å²) in [6.45, 7) is 2.03. The first kappa shape index (κ1) is 23.8. The molecule has 3 heterocycles. The summed E-state index contributed by atoms with van der Waals surface area (Å²) >= 11 is 0. The fourth-order valence-electron chi connectivity index (χ4n) is 6.18. The van der Waals surface area contributed by atoms with Crippen molar-refractivity contribution in [1.82, 2.24) is 14.5 Å². The lowest BCUT2D eigenvalue weighted by Crippen LogP contribution is -2.42. The first-order chi connectivity index (χ1) is 17.9. The van der Waals surface area contributed by atoms with E-state index in [0.717, 1.165) is 66.6 Å². The molecule has 0 saturated heterocycles. The number of rotatable bonds is 5. The van der Waals surface area contributed by atoms with Crippen LogP contribution in [0.1, 0.15) is 69.3 Å². The number of hydrogen-bond acceptors (Lipinski definition) is 6. The number of hydrogen-bond donors (Lipinski definition) is 1. The number of imidazole rings is 1. The summed E-state index contributed by atoms with van der Waals surface area (Å²) in [5, 5.41) is 9.78. The molecule has 194 valence electrons. The predicted octanol–water partition coefficient (Wildman–Crippen LogP) is 5.22. The third-order valence-corrected chi connectivity index (χ3v) is 8.24. The highest BCUT2D eigenvalue weighted by atomic mass is 16.5. The number of fused-ring (bicyclic) bond motifs is 3. The van der Waals surface area contributed by atoms with Crippen molar-refractivity contribution < 1.29 is 24.2 Å². The van der Waals surface area contributed by atoms with Gasteiger partial charge in [-0.25, -0.2) is 14.8 Å². The molecule has 3 aromatic rings. The number of carbonyl (C=O) groups excluding carboxylic acids is 1. The van der Waals surface area contributed by atoms with Crippen LogP contribution in [0, 0.1) is 5.92 Å². The molecule has 2 aromatic heterocycles. The van der Waals surface area contributed by atoms with Crippen molar-refractivity contribution in [1.29, 1.82) is 0 Å². The lowest BCUT2D eigenvalue weighted by molar-refractivity contribution is -0.143. The number of carboxylic acids is 1. The van der Waals surface area contributed by atoms with Crippen molar-refractivity contribution in [3.05, 3.63) is 47.9 Å². The number of anilines is 1. The van der Waals surface area contributed by atoms with Crippen molar-refractivity contribution in [2.45, 2.75) is 76.0 Å². The van der Waals surface area contributed by atoms with Crippen LogP contribution >= 0.6 is 0 Å². The molecule has 1 aromatic carbocycles. The minimum Gasteiger partial charge on any atom is -0.481 e. The second-order valence-electron chi connectivity index (χ2n) is 10.6. The Morgan fingerprint density at radius 1 is 1.14 bits per heavy atom. The largest absolute Gasteiger partial charge is 0.481 e. The van der Waals surface area contributed by atoms with Crippen molar-refractivity contribution >= 4 is 28.8 Å². The van der Waals surface area contributed by atoms with Gasteiger partial charge in [-0.05, 0) is 70.1 Å². The summed E-state index contributed by atoms with van der Waals surface area (Å²) in [4.78, 5) is 35.9. The van der Waals surface area contributed by atoms with Gasteiger partial charge in [-0.3, -0.25) is 9.69 Å². The average Bonchev–Trinajstić information content (AvgIpc) is 3.58. The van der Waals surface area contributed by atoms with Crippen LogP contribution < -0.4 is 9.64 Å². The number of nitrogens with zero attached hydrogens (tertiary/aromatic N) is 4. The highest BCUT2D eigenvalue weighted by Crippen LogP contribution is 2.52.